The zero-order valence-electron chi connectivity index (χ0n) is 17.6. The van der Waals surface area contributed by atoms with Crippen molar-refractivity contribution in [2.75, 3.05) is 6.61 Å². The second-order valence-electron chi connectivity index (χ2n) is 8.34. The third-order valence-corrected chi connectivity index (χ3v) is 5.16. The molecular weight excluding hydrogens is 326 g/mol. The fourth-order valence-electron chi connectivity index (χ4n) is 3.03. The van der Waals surface area contributed by atoms with Gasteiger partial charge in [-0.3, -0.25) is 0 Å². The number of hydrogen-bond acceptors (Lipinski definition) is 4. The van der Waals surface area contributed by atoms with E-state index in [1.165, 1.54) is 11.1 Å². The first-order valence-corrected chi connectivity index (χ1v) is 10.2. The smallest absolute Gasteiger partial charge is 0.0716 e. The third kappa shape index (κ3) is 12.6. The summed E-state index contributed by atoms with van der Waals surface area (Å²) in [7, 11) is 0. The van der Waals surface area contributed by atoms with E-state index in [1.807, 2.05) is 0 Å². The van der Waals surface area contributed by atoms with Crippen molar-refractivity contribution in [3.63, 3.8) is 0 Å². The molecule has 0 aromatic rings. The maximum atomic E-state index is 10.2. The van der Waals surface area contributed by atoms with E-state index >= 15 is 0 Å². The molecular formula is C22H43NO3. The van der Waals surface area contributed by atoms with Crippen molar-refractivity contribution in [3.05, 3.63) is 23.3 Å². The quantitative estimate of drug-likeness (QED) is 0.349. The number of rotatable bonds is 14. The second-order valence-corrected chi connectivity index (χ2v) is 8.34. The van der Waals surface area contributed by atoms with Crippen molar-refractivity contribution in [1.29, 1.82) is 0 Å². The lowest BCUT2D eigenvalue weighted by atomic mass is 9.93. The van der Waals surface area contributed by atoms with Gasteiger partial charge in [-0.15, -0.1) is 0 Å². The van der Waals surface area contributed by atoms with Crippen LogP contribution in [-0.2, 0) is 0 Å². The molecule has 0 saturated carbocycles. The predicted octanol–water partition coefficient (Wildman–Crippen LogP) is 3.94. The highest BCUT2D eigenvalue weighted by atomic mass is 16.3. The minimum atomic E-state index is -0.626. The van der Waals surface area contributed by atoms with E-state index in [-0.39, 0.29) is 12.7 Å². The number of aliphatic hydroxyl groups excluding tert-OH is 3. The molecule has 5 N–H and O–H groups in total. The summed E-state index contributed by atoms with van der Waals surface area (Å²) in [5.74, 6) is 0.715. The van der Waals surface area contributed by atoms with Gasteiger partial charge in [0.25, 0.3) is 0 Å². The van der Waals surface area contributed by atoms with Crippen LogP contribution in [0, 0.1) is 11.8 Å². The molecule has 0 bridgehead atoms. The summed E-state index contributed by atoms with van der Waals surface area (Å²) < 4.78 is 0. The fraction of sp³-hybridized carbons (Fsp3) is 0.818. The Morgan fingerprint density at radius 2 is 1.65 bits per heavy atom. The summed E-state index contributed by atoms with van der Waals surface area (Å²) in [6.07, 6.45) is 10.2. The van der Waals surface area contributed by atoms with E-state index in [1.54, 1.807) is 0 Å². The summed E-state index contributed by atoms with van der Waals surface area (Å²) in [5, 5.41) is 29.0. The molecule has 0 fully saturated rings. The van der Waals surface area contributed by atoms with Crippen LogP contribution in [0.1, 0.15) is 79.6 Å². The van der Waals surface area contributed by atoms with Crippen LogP contribution in [0.5, 0.6) is 0 Å². The van der Waals surface area contributed by atoms with Crippen molar-refractivity contribution >= 4 is 0 Å². The topological polar surface area (TPSA) is 86.7 Å². The molecule has 0 aromatic heterocycles. The van der Waals surface area contributed by atoms with E-state index in [9.17, 15) is 10.2 Å². The normalized spacial score (nSPS) is 18.1. The minimum absolute atomic E-state index is 0.172. The van der Waals surface area contributed by atoms with Crippen molar-refractivity contribution < 1.29 is 15.3 Å². The first-order valence-electron chi connectivity index (χ1n) is 10.2. The van der Waals surface area contributed by atoms with Gasteiger partial charge in [-0.25, -0.2) is 0 Å². The van der Waals surface area contributed by atoms with Gasteiger partial charge in [-0.1, -0.05) is 37.1 Å². The highest BCUT2D eigenvalue weighted by Gasteiger charge is 2.16. The Hall–Kier alpha value is -0.680. The molecule has 26 heavy (non-hydrogen) atoms. The van der Waals surface area contributed by atoms with E-state index in [4.69, 9.17) is 10.8 Å². The van der Waals surface area contributed by atoms with Gasteiger partial charge < -0.3 is 21.1 Å². The number of nitrogens with two attached hydrogens (primary N) is 1. The lowest BCUT2D eigenvalue weighted by Gasteiger charge is -2.20. The molecule has 154 valence electrons. The van der Waals surface area contributed by atoms with Gasteiger partial charge in [0.2, 0.25) is 0 Å². The molecule has 0 aliphatic carbocycles. The zero-order valence-corrected chi connectivity index (χ0v) is 17.6. The highest BCUT2D eigenvalue weighted by molar-refractivity contribution is 4.98. The molecule has 0 amide bonds. The standard InChI is InChI=1S/C22H43NO3/c1-16(2)12-13-21(25)19(5)11-7-9-17(3)8-6-10-18(4)14-22(26)20(23)15-24/h8,12,18-22,24-26H,6-7,9-11,13-15,23H2,1-5H3/b17-8+/t18?,19?,20-,21?,22-/m0/s1. The van der Waals surface area contributed by atoms with Gasteiger partial charge in [0.05, 0.1) is 24.9 Å². The van der Waals surface area contributed by atoms with E-state index in [0.717, 1.165) is 38.5 Å². The van der Waals surface area contributed by atoms with Crippen LogP contribution in [0.3, 0.4) is 0 Å². The van der Waals surface area contributed by atoms with Gasteiger partial charge >= 0.3 is 0 Å². The van der Waals surface area contributed by atoms with Crippen LogP contribution in [0.25, 0.3) is 0 Å². The first-order chi connectivity index (χ1) is 12.2. The second kappa shape index (κ2) is 14.4. The van der Waals surface area contributed by atoms with Crippen LogP contribution < -0.4 is 5.73 Å². The van der Waals surface area contributed by atoms with Gasteiger partial charge in [0, 0.05) is 0 Å². The molecule has 0 heterocycles. The Kier molecular flexibility index (Phi) is 14.0. The Morgan fingerprint density at radius 1 is 1.00 bits per heavy atom. The fourth-order valence-corrected chi connectivity index (χ4v) is 3.03. The maximum absolute atomic E-state index is 10.2. The number of aliphatic hydroxyl groups is 3. The summed E-state index contributed by atoms with van der Waals surface area (Å²) in [6.45, 7) is 10.4. The van der Waals surface area contributed by atoms with Crippen molar-refractivity contribution in [3.8, 4) is 0 Å². The SMILES string of the molecule is CC(C)=CCC(O)C(C)CCC/C(C)=C/CCC(C)C[C@H](O)[C@@H](N)CO. The highest BCUT2D eigenvalue weighted by Crippen LogP contribution is 2.20. The summed E-state index contributed by atoms with van der Waals surface area (Å²) >= 11 is 0. The van der Waals surface area contributed by atoms with E-state index < -0.39 is 12.1 Å². The summed E-state index contributed by atoms with van der Waals surface area (Å²) in [5.41, 5.74) is 8.30. The van der Waals surface area contributed by atoms with Gasteiger partial charge in [-0.2, -0.15) is 0 Å². The Morgan fingerprint density at radius 3 is 2.23 bits per heavy atom. The van der Waals surface area contributed by atoms with Crippen LogP contribution in [0.2, 0.25) is 0 Å². The van der Waals surface area contributed by atoms with Crippen molar-refractivity contribution in [2.24, 2.45) is 17.6 Å². The molecule has 3 unspecified atom stereocenters. The Balaban J connectivity index is 3.99. The van der Waals surface area contributed by atoms with E-state index in [0.29, 0.717) is 18.3 Å². The molecule has 0 rings (SSSR count). The van der Waals surface area contributed by atoms with Crippen LogP contribution in [0.15, 0.2) is 23.3 Å². The zero-order chi connectivity index (χ0) is 20.1. The summed E-state index contributed by atoms with van der Waals surface area (Å²) in [6, 6.07) is -0.538. The van der Waals surface area contributed by atoms with E-state index in [2.05, 4.69) is 46.8 Å². The molecule has 0 spiro atoms. The van der Waals surface area contributed by atoms with Gasteiger partial charge in [-0.05, 0) is 77.6 Å². The predicted molar refractivity (Wildman–Crippen MR) is 111 cm³/mol. The lowest BCUT2D eigenvalue weighted by molar-refractivity contribution is 0.0876. The third-order valence-electron chi connectivity index (χ3n) is 5.16. The van der Waals surface area contributed by atoms with Gasteiger partial charge in [0.1, 0.15) is 0 Å². The molecule has 0 saturated heterocycles. The molecule has 4 nitrogen and oxygen atoms in total. The van der Waals surface area contributed by atoms with Crippen molar-refractivity contribution in [2.45, 2.75) is 97.8 Å². The monoisotopic (exact) mass is 369 g/mol. The summed E-state index contributed by atoms with van der Waals surface area (Å²) in [4.78, 5) is 0. The van der Waals surface area contributed by atoms with Crippen LogP contribution in [-0.4, -0.2) is 40.2 Å². The van der Waals surface area contributed by atoms with Gasteiger partial charge in [0.15, 0.2) is 0 Å². The molecule has 0 radical (unpaired) electrons. The average Bonchev–Trinajstić information content (AvgIpc) is 2.58. The maximum Gasteiger partial charge on any atom is 0.0716 e. The molecule has 0 aromatic carbocycles. The number of hydrogen-bond donors (Lipinski definition) is 4. The van der Waals surface area contributed by atoms with Crippen LogP contribution in [0.4, 0.5) is 0 Å². The average molecular weight is 370 g/mol. The molecule has 0 aliphatic rings. The number of allylic oxidation sites excluding steroid dienone is 3. The van der Waals surface area contributed by atoms with Crippen LogP contribution >= 0.6 is 0 Å². The Bertz CT molecular complexity index is 416. The lowest BCUT2D eigenvalue weighted by Crippen LogP contribution is -2.38. The first kappa shape index (κ1) is 25.3. The minimum Gasteiger partial charge on any atom is -0.395 e. The Labute approximate surface area is 161 Å². The molecule has 5 atom stereocenters. The van der Waals surface area contributed by atoms with Crippen molar-refractivity contribution in [1.82, 2.24) is 0 Å². The molecule has 0 aliphatic heterocycles. The molecule has 4 heteroatoms. The largest absolute Gasteiger partial charge is 0.395 e.